The molecule has 1 aliphatic rings. The van der Waals surface area contributed by atoms with Crippen LogP contribution in [0.1, 0.15) is 10.4 Å². The summed E-state index contributed by atoms with van der Waals surface area (Å²) in [4.78, 5) is 17.8. The van der Waals surface area contributed by atoms with Gasteiger partial charge in [0.05, 0.1) is 21.7 Å². The standard InChI is InChI=1S/C23H17N3O5S/c24-32(28,29)16-5-3-4-15(11-16)25-23(27)18-12-20(26-19-7-2-1-6-17(18)19)14-8-9-21-22(10-14)31-13-30-21/h1-12H,13H2,(H,25,27)(H2,24,28,29). The van der Waals surface area contributed by atoms with Crippen LogP contribution in [0.5, 0.6) is 11.5 Å². The number of hydrogen-bond donors (Lipinski definition) is 2. The van der Waals surface area contributed by atoms with E-state index in [1.165, 1.54) is 18.2 Å². The molecule has 1 aromatic heterocycles. The summed E-state index contributed by atoms with van der Waals surface area (Å²) in [5.74, 6) is 0.864. The van der Waals surface area contributed by atoms with Gasteiger partial charge >= 0.3 is 0 Å². The summed E-state index contributed by atoms with van der Waals surface area (Å²) >= 11 is 0. The maximum Gasteiger partial charge on any atom is 0.256 e. The first-order valence-electron chi connectivity index (χ1n) is 9.62. The van der Waals surface area contributed by atoms with Gasteiger partial charge in [-0.25, -0.2) is 18.5 Å². The zero-order valence-corrected chi connectivity index (χ0v) is 17.4. The Kier molecular flexibility index (Phi) is 4.76. The Labute approximate surface area is 183 Å². The fourth-order valence-corrected chi connectivity index (χ4v) is 4.08. The molecule has 0 unspecified atom stereocenters. The second-order valence-corrected chi connectivity index (χ2v) is 8.73. The Balaban J connectivity index is 1.57. The summed E-state index contributed by atoms with van der Waals surface area (Å²) in [7, 11) is -3.89. The number of fused-ring (bicyclic) bond motifs is 2. The van der Waals surface area contributed by atoms with Gasteiger partial charge in [0, 0.05) is 16.6 Å². The van der Waals surface area contributed by atoms with E-state index in [0.29, 0.717) is 39.3 Å². The summed E-state index contributed by atoms with van der Waals surface area (Å²) in [5, 5.41) is 8.61. The first-order chi connectivity index (χ1) is 15.4. The number of anilines is 1. The van der Waals surface area contributed by atoms with E-state index in [4.69, 9.17) is 19.6 Å². The predicted octanol–water partition coefficient (Wildman–Crippen LogP) is 3.53. The Morgan fingerprint density at radius 2 is 1.75 bits per heavy atom. The molecule has 0 spiro atoms. The van der Waals surface area contributed by atoms with Gasteiger partial charge in [-0.05, 0) is 48.5 Å². The van der Waals surface area contributed by atoms with Gasteiger partial charge in [-0.1, -0.05) is 24.3 Å². The Hall–Kier alpha value is -3.95. The molecule has 32 heavy (non-hydrogen) atoms. The number of ether oxygens (including phenoxy) is 2. The number of primary sulfonamides is 1. The summed E-state index contributed by atoms with van der Waals surface area (Å²) in [6, 6.07) is 20.2. The van der Waals surface area contributed by atoms with Gasteiger partial charge in [-0.2, -0.15) is 0 Å². The number of aromatic nitrogens is 1. The van der Waals surface area contributed by atoms with E-state index < -0.39 is 15.9 Å². The smallest absolute Gasteiger partial charge is 0.256 e. The van der Waals surface area contributed by atoms with Crippen molar-refractivity contribution in [2.24, 2.45) is 5.14 Å². The summed E-state index contributed by atoms with van der Waals surface area (Å²) in [5.41, 5.74) is 2.71. The number of amides is 1. The van der Waals surface area contributed by atoms with Gasteiger partial charge in [-0.3, -0.25) is 4.79 Å². The van der Waals surface area contributed by atoms with E-state index in [1.807, 2.05) is 30.3 Å². The number of pyridine rings is 1. The van der Waals surface area contributed by atoms with E-state index >= 15 is 0 Å². The Bertz CT molecular complexity index is 1480. The molecule has 0 bridgehead atoms. The SMILES string of the molecule is NS(=O)(=O)c1cccc(NC(=O)c2cc(-c3ccc4c(c3)OCO4)nc3ccccc23)c1. The van der Waals surface area contributed by atoms with E-state index in [9.17, 15) is 13.2 Å². The highest BCUT2D eigenvalue weighted by molar-refractivity contribution is 7.89. The molecule has 0 saturated heterocycles. The first-order valence-corrected chi connectivity index (χ1v) is 11.2. The number of carbonyl (C=O) groups excluding carboxylic acids is 1. The molecule has 3 N–H and O–H groups in total. The van der Waals surface area contributed by atoms with Crippen molar-refractivity contribution < 1.29 is 22.7 Å². The van der Waals surface area contributed by atoms with Crippen LogP contribution in [0.2, 0.25) is 0 Å². The number of benzene rings is 3. The number of sulfonamides is 1. The minimum atomic E-state index is -3.89. The molecule has 2 heterocycles. The molecule has 1 amide bonds. The third-order valence-corrected chi connectivity index (χ3v) is 5.96. The topological polar surface area (TPSA) is 121 Å². The monoisotopic (exact) mass is 447 g/mol. The highest BCUT2D eigenvalue weighted by atomic mass is 32.2. The largest absolute Gasteiger partial charge is 0.454 e. The molecule has 4 aromatic rings. The lowest BCUT2D eigenvalue weighted by Gasteiger charge is -2.11. The van der Waals surface area contributed by atoms with Gasteiger partial charge < -0.3 is 14.8 Å². The van der Waals surface area contributed by atoms with Crippen molar-refractivity contribution in [1.29, 1.82) is 0 Å². The lowest BCUT2D eigenvalue weighted by Crippen LogP contribution is -2.15. The molecule has 0 aliphatic carbocycles. The van der Waals surface area contributed by atoms with Crippen LogP contribution in [-0.2, 0) is 10.0 Å². The normalized spacial score (nSPS) is 12.7. The highest BCUT2D eigenvalue weighted by Crippen LogP contribution is 2.36. The minimum Gasteiger partial charge on any atom is -0.454 e. The zero-order valence-electron chi connectivity index (χ0n) is 16.6. The summed E-state index contributed by atoms with van der Waals surface area (Å²) in [6.45, 7) is 0.162. The second kappa shape index (κ2) is 7.63. The number of para-hydroxylation sites is 1. The molecule has 3 aromatic carbocycles. The average molecular weight is 447 g/mol. The Morgan fingerprint density at radius 1 is 0.938 bits per heavy atom. The van der Waals surface area contributed by atoms with Crippen molar-refractivity contribution in [2.75, 3.05) is 12.1 Å². The first kappa shape index (κ1) is 20.0. The van der Waals surface area contributed by atoms with Crippen molar-refractivity contribution >= 4 is 32.5 Å². The van der Waals surface area contributed by atoms with E-state index in [0.717, 1.165) is 5.56 Å². The lowest BCUT2D eigenvalue weighted by molar-refractivity contribution is 0.102. The van der Waals surface area contributed by atoms with E-state index in [1.54, 1.807) is 24.3 Å². The maximum absolute atomic E-state index is 13.2. The van der Waals surface area contributed by atoms with Gasteiger partial charge in [0.25, 0.3) is 5.91 Å². The van der Waals surface area contributed by atoms with Crippen molar-refractivity contribution in [1.82, 2.24) is 4.98 Å². The molecule has 8 nitrogen and oxygen atoms in total. The lowest BCUT2D eigenvalue weighted by atomic mass is 10.0. The van der Waals surface area contributed by atoms with Crippen molar-refractivity contribution in [3.05, 3.63) is 78.4 Å². The molecule has 0 radical (unpaired) electrons. The van der Waals surface area contributed by atoms with E-state index in [-0.39, 0.29) is 11.7 Å². The molecule has 160 valence electrons. The zero-order chi connectivity index (χ0) is 22.3. The van der Waals surface area contributed by atoms with Crippen molar-refractivity contribution in [3.8, 4) is 22.8 Å². The Morgan fingerprint density at radius 3 is 2.59 bits per heavy atom. The van der Waals surface area contributed by atoms with Gasteiger partial charge in [0.1, 0.15) is 0 Å². The minimum absolute atomic E-state index is 0.0871. The third-order valence-electron chi connectivity index (χ3n) is 5.05. The number of nitrogens with two attached hydrogens (primary N) is 1. The van der Waals surface area contributed by atoms with Crippen LogP contribution in [0, 0.1) is 0 Å². The van der Waals surface area contributed by atoms with Crippen LogP contribution in [0.4, 0.5) is 5.69 Å². The number of nitrogens with one attached hydrogen (secondary N) is 1. The summed E-state index contributed by atoms with van der Waals surface area (Å²) < 4.78 is 34.1. The van der Waals surface area contributed by atoms with Crippen LogP contribution >= 0.6 is 0 Å². The predicted molar refractivity (Wildman–Crippen MR) is 119 cm³/mol. The maximum atomic E-state index is 13.2. The fraction of sp³-hybridized carbons (Fsp3) is 0.0435. The quantitative estimate of drug-likeness (QED) is 0.494. The number of hydrogen-bond acceptors (Lipinski definition) is 6. The number of carbonyl (C=O) groups is 1. The fourth-order valence-electron chi connectivity index (χ4n) is 3.52. The molecule has 9 heteroatoms. The van der Waals surface area contributed by atoms with Crippen LogP contribution in [0.3, 0.4) is 0 Å². The van der Waals surface area contributed by atoms with Crippen LogP contribution in [0.15, 0.2) is 77.7 Å². The molecular formula is C23H17N3O5S. The number of rotatable bonds is 4. The van der Waals surface area contributed by atoms with E-state index in [2.05, 4.69) is 5.32 Å². The molecule has 0 fully saturated rings. The second-order valence-electron chi connectivity index (χ2n) is 7.17. The molecule has 5 rings (SSSR count). The number of nitrogens with zero attached hydrogens (tertiary/aromatic N) is 1. The van der Waals surface area contributed by atoms with Crippen LogP contribution in [0.25, 0.3) is 22.2 Å². The summed E-state index contributed by atoms with van der Waals surface area (Å²) in [6.07, 6.45) is 0. The molecule has 1 aliphatic heterocycles. The van der Waals surface area contributed by atoms with Crippen molar-refractivity contribution in [3.63, 3.8) is 0 Å². The van der Waals surface area contributed by atoms with Crippen molar-refractivity contribution in [2.45, 2.75) is 4.90 Å². The average Bonchev–Trinajstić information content (AvgIpc) is 3.26. The van der Waals surface area contributed by atoms with Gasteiger partial charge in [-0.15, -0.1) is 0 Å². The van der Waals surface area contributed by atoms with Gasteiger partial charge in [0.15, 0.2) is 11.5 Å². The molecule has 0 saturated carbocycles. The van der Waals surface area contributed by atoms with Crippen LogP contribution in [-0.4, -0.2) is 26.1 Å². The van der Waals surface area contributed by atoms with Crippen LogP contribution < -0.4 is 19.9 Å². The molecular weight excluding hydrogens is 430 g/mol. The van der Waals surface area contributed by atoms with Gasteiger partial charge in [0.2, 0.25) is 16.8 Å². The molecule has 0 atom stereocenters. The third kappa shape index (κ3) is 3.75. The highest BCUT2D eigenvalue weighted by Gasteiger charge is 2.18.